The van der Waals surface area contributed by atoms with Crippen LogP contribution in [0.25, 0.3) is 0 Å². The minimum atomic E-state index is -3.89. The first-order valence-electron chi connectivity index (χ1n) is 5.82. The summed E-state index contributed by atoms with van der Waals surface area (Å²) in [6.07, 6.45) is 0. The molecular weight excluding hydrogens is 318 g/mol. The normalized spacial score (nSPS) is 11.5. The van der Waals surface area contributed by atoms with E-state index in [4.69, 9.17) is 15.6 Å². The molecule has 0 saturated carbocycles. The fraction of sp³-hybridized carbons (Fsp3) is 0.417. The molecule has 0 aliphatic heterocycles. The molecule has 0 unspecified atom stereocenters. The average molecular weight is 338 g/mol. The quantitative estimate of drug-likeness (QED) is 0.709. The van der Waals surface area contributed by atoms with E-state index in [0.717, 1.165) is 0 Å². The van der Waals surface area contributed by atoms with E-state index >= 15 is 0 Å². The number of carbonyl (C=O) groups is 1. The summed E-state index contributed by atoms with van der Waals surface area (Å²) in [5.74, 6) is -0.226. The Morgan fingerprint density at radius 3 is 2.38 bits per heavy atom. The number of halogens is 1. The predicted molar refractivity (Wildman–Crippen MR) is 82.2 cm³/mol. The van der Waals surface area contributed by atoms with Crippen LogP contribution < -0.4 is 20.9 Å². The second-order valence-corrected chi connectivity index (χ2v) is 6.64. The SMILES string of the molecule is COc1ccc(S(N)(=O)=O)cc1C(=O)NCC(C)(C)N.Cl. The average Bonchev–Trinajstić information content (AvgIpc) is 2.33. The van der Waals surface area contributed by atoms with E-state index in [1.165, 1.54) is 25.3 Å². The van der Waals surface area contributed by atoms with E-state index < -0.39 is 21.5 Å². The van der Waals surface area contributed by atoms with Gasteiger partial charge < -0.3 is 15.8 Å². The lowest BCUT2D eigenvalue weighted by Gasteiger charge is -2.19. The van der Waals surface area contributed by atoms with Gasteiger partial charge >= 0.3 is 0 Å². The van der Waals surface area contributed by atoms with Crippen LogP contribution in [0.2, 0.25) is 0 Å². The summed E-state index contributed by atoms with van der Waals surface area (Å²) in [7, 11) is -2.50. The van der Waals surface area contributed by atoms with Crippen LogP contribution in [0.4, 0.5) is 0 Å². The van der Waals surface area contributed by atoms with Crippen molar-refractivity contribution in [1.29, 1.82) is 0 Å². The molecule has 0 atom stereocenters. The Morgan fingerprint density at radius 2 is 1.95 bits per heavy atom. The van der Waals surface area contributed by atoms with E-state index in [-0.39, 0.29) is 35.2 Å². The zero-order chi connectivity index (χ0) is 15.6. The summed E-state index contributed by atoms with van der Waals surface area (Å²) in [4.78, 5) is 11.9. The lowest BCUT2D eigenvalue weighted by Crippen LogP contribution is -2.45. The maximum Gasteiger partial charge on any atom is 0.255 e. The molecule has 0 aromatic heterocycles. The van der Waals surface area contributed by atoms with Gasteiger partial charge in [0.15, 0.2) is 0 Å². The first-order valence-corrected chi connectivity index (χ1v) is 7.37. The summed E-state index contributed by atoms with van der Waals surface area (Å²) in [5, 5.41) is 7.65. The molecule has 5 N–H and O–H groups in total. The first kappa shape index (κ1) is 19.7. The number of carbonyl (C=O) groups excluding carboxylic acids is 1. The first-order chi connectivity index (χ1) is 9.04. The van der Waals surface area contributed by atoms with Gasteiger partial charge in [-0.1, -0.05) is 0 Å². The Morgan fingerprint density at radius 1 is 1.38 bits per heavy atom. The summed E-state index contributed by atoms with van der Waals surface area (Å²) < 4.78 is 27.7. The Hall–Kier alpha value is -1.35. The van der Waals surface area contributed by atoms with Gasteiger partial charge in [-0.2, -0.15) is 0 Å². The van der Waals surface area contributed by atoms with Crippen molar-refractivity contribution in [2.24, 2.45) is 10.9 Å². The number of hydrogen-bond donors (Lipinski definition) is 3. The zero-order valence-electron chi connectivity index (χ0n) is 12.0. The Balaban J connectivity index is 0.00000400. The van der Waals surface area contributed by atoms with Gasteiger partial charge in [-0.05, 0) is 32.0 Å². The third-order valence-electron chi connectivity index (χ3n) is 2.45. The molecule has 120 valence electrons. The number of benzene rings is 1. The van der Waals surface area contributed by atoms with Gasteiger partial charge in [-0.25, -0.2) is 13.6 Å². The molecule has 1 amide bonds. The van der Waals surface area contributed by atoms with Crippen LogP contribution in [0.1, 0.15) is 24.2 Å². The van der Waals surface area contributed by atoms with Gasteiger partial charge in [0.05, 0.1) is 17.6 Å². The van der Waals surface area contributed by atoms with Crippen molar-refractivity contribution in [1.82, 2.24) is 5.32 Å². The number of sulfonamides is 1. The van der Waals surface area contributed by atoms with Crippen molar-refractivity contribution in [2.45, 2.75) is 24.3 Å². The molecule has 0 bridgehead atoms. The van der Waals surface area contributed by atoms with Gasteiger partial charge in [-0.15, -0.1) is 12.4 Å². The number of hydrogen-bond acceptors (Lipinski definition) is 5. The molecule has 1 aromatic carbocycles. The molecule has 0 radical (unpaired) electrons. The van der Waals surface area contributed by atoms with Crippen LogP contribution in [0, 0.1) is 0 Å². The zero-order valence-corrected chi connectivity index (χ0v) is 13.7. The molecule has 1 rings (SSSR count). The topological polar surface area (TPSA) is 125 Å². The summed E-state index contributed by atoms with van der Waals surface area (Å²) in [6.45, 7) is 3.74. The Bertz CT molecular complexity index is 611. The molecule has 0 aliphatic rings. The van der Waals surface area contributed by atoms with E-state index in [0.29, 0.717) is 0 Å². The van der Waals surface area contributed by atoms with E-state index in [2.05, 4.69) is 5.32 Å². The lowest BCUT2D eigenvalue weighted by molar-refractivity contribution is 0.0943. The molecule has 7 nitrogen and oxygen atoms in total. The molecule has 0 spiro atoms. The maximum atomic E-state index is 12.1. The molecule has 9 heteroatoms. The summed E-state index contributed by atoms with van der Waals surface area (Å²) in [6, 6.07) is 3.83. The molecular formula is C12H20ClN3O4S. The Kier molecular flexibility index (Phi) is 6.62. The molecule has 21 heavy (non-hydrogen) atoms. The Labute approximate surface area is 130 Å². The number of nitrogens with one attached hydrogen (secondary N) is 1. The van der Waals surface area contributed by atoms with Crippen LogP contribution in [-0.4, -0.2) is 33.5 Å². The highest BCUT2D eigenvalue weighted by molar-refractivity contribution is 7.89. The van der Waals surface area contributed by atoms with Crippen LogP contribution in [0.3, 0.4) is 0 Å². The van der Waals surface area contributed by atoms with Gasteiger partial charge in [0.1, 0.15) is 5.75 Å². The minimum Gasteiger partial charge on any atom is -0.496 e. The largest absolute Gasteiger partial charge is 0.496 e. The fourth-order valence-corrected chi connectivity index (χ4v) is 1.98. The van der Waals surface area contributed by atoms with E-state index in [1.807, 2.05) is 0 Å². The third kappa shape index (κ3) is 5.88. The van der Waals surface area contributed by atoms with Crippen LogP contribution in [0.15, 0.2) is 23.1 Å². The monoisotopic (exact) mass is 337 g/mol. The van der Waals surface area contributed by atoms with E-state index in [9.17, 15) is 13.2 Å². The standard InChI is InChI=1S/C12H19N3O4S.ClH/c1-12(2,13)7-15-11(16)9-6-8(20(14,17)18)4-5-10(9)19-3;/h4-6H,7,13H2,1-3H3,(H,15,16)(H2,14,17,18);1H. The number of methoxy groups -OCH3 is 1. The predicted octanol–water partition coefficient (Wildman–Crippen LogP) is 0.232. The molecule has 0 saturated heterocycles. The van der Waals surface area contributed by atoms with Crippen molar-refractivity contribution in [3.63, 3.8) is 0 Å². The molecule has 0 fully saturated rings. The fourth-order valence-electron chi connectivity index (χ4n) is 1.44. The van der Waals surface area contributed by atoms with Gasteiger partial charge in [0.2, 0.25) is 10.0 Å². The van der Waals surface area contributed by atoms with Crippen LogP contribution in [0.5, 0.6) is 5.75 Å². The second kappa shape index (κ2) is 7.08. The summed E-state index contributed by atoms with van der Waals surface area (Å²) in [5.41, 5.74) is 5.27. The molecule has 0 heterocycles. The highest BCUT2D eigenvalue weighted by Crippen LogP contribution is 2.21. The second-order valence-electron chi connectivity index (χ2n) is 5.08. The number of nitrogens with two attached hydrogens (primary N) is 2. The highest BCUT2D eigenvalue weighted by Gasteiger charge is 2.19. The van der Waals surface area contributed by atoms with Gasteiger partial charge in [0, 0.05) is 12.1 Å². The molecule has 1 aromatic rings. The van der Waals surface area contributed by atoms with Crippen LogP contribution >= 0.6 is 12.4 Å². The van der Waals surface area contributed by atoms with Crippen molar-refractivity contribution < 1.29 is 17.9 Å². The van der Waals surface area contributed by atoms with Crippen molar-refractivity contribution in [3.05, 3.63) is 23.8 Å². The third-order valence-corrected chi connectivity index (χ3v) is 3.36. The highest BCUT2D eigenvalue weighted by atomic mass is 35.5. The number of rotatable bonds is 5. The van der Waals surface area contributed by atoms with Crippen molar-refractivity contribution in [3.8, 4) is 5.75 Å². The number of amides is 1. The van der Waals surface area contributed by atoms with Gasteiger partial charge in [-0.3, -0.25) is 4.79 Å². The summed E-state index contributed by atoms with van der Waals surface area (Å²) >= 11 is 0. The van der Waals surface area contributed by atoms with E-state index in [1.54, 1.807) is 13.8 Å². The molecule has 0 aliphatic carbocycles. The maximum absolute atomic E-state index is 12.1. The smallest absolute Gasteiger partial charge is 0.255 e. The van der Waals surface area contributed by atoms with Gasteiger partial charge in [0.25, 0.3) is 5.91 Å². The number of primary sulfonamides is 1. The lowest BCUT2D eigenvalue weighted by atomic mass is 10.1. The van der Waals surface area contributed by atoms with Crippen LogP contribution in [-0.2, 0) is 10.0 Å². The van der Waals surface area contributed by atoms with Crippen molar-refractivity contribution in [2.75, 3.05) is 13.7 Å². The minimum absolute atomic E-state index is 0. The number of ether oxygens (including phenoxy) is 1. The van der Waals surface area contributed by atoms with Crippen molar-refractivity contribution >= 4 is 28.3 Å².